The quantitative estimate of drug-likeness (QED) is 0.939. The Labute approximate surface area is 125 Å². The lowest BCUT2D eigenvalue weighted by atomic mass is 10.0. The smallest absolute Gasteiger partial charge is 0.271 e. The number of nitrogens with zero attached hydrogens (tertiary/aromatic N) is 3. The fourth-order valence-electron chi connectivity index (χ4n) is 2.80. The van der Waals surface area contributed by atoms with Crippen molar-refractivity contribution in [2.45, 2.75) is 39.8 Å². The summed E-state index contributed by atoms with van der Waals surface area (Å²) in [6, 6.07) is 4.09. The molecule has 0 aromatic carbocycles. The molecule has 112 valence electrons. The van der Waals surface area contributed by atoms with Gasteiger partial charge in [0.25, 0.3) is 5.91 Å². The van der Waals surface area contributed by atoms with Crippen LogP contribution in [0.1, 0.15) is 41.0 Å². The largest absolute Gasteiger partial charge is 0.350 e. The fourth-order valence-corrected chi connectivity index (χ4v) is 2.80. The van der Waals surface area contributed by atoms with Gasteiger partial charge in [-0.3, -0.25) is 4.79 Å². The van der Waals surface area contributed by atoms with Gasteiger partial charge < -0.3 is 14.5 Å². The number of carbonyl (C=O) groups is 1. The summed E-state index contributed by atoms with van der Waals surface area (Å²) in [5.41, 5.74) is 2.81. The molecule has 0 bridgehead atoms. The standard InChI is InChI=1S/C16H22N4O/c1-11-6-7-20-10-14(18-15(20)8-11)16(21)17-9-13-5-4-12(2)19(13)3/h4-5,10-11H,6-9H2,1-3H3,(H,17,21). The number of imidazole rings is 1. The van der Waals surface area contributed by atoms with E-state index in [0.717, 1.165) is 30.9 Å². The van der Waals surface area contributed by atoms with Crippen LogP contribution in [-0.4, -0.2) is 20.0 Å². The molecule has 1 amide bonds. The summed E-state index contributed by atoms with van der Waals surface area (Å²) in [5, 5.41) is 2.95. The first-order valence-corrected chi connectivity index (χ1v) is 7.50. The summed E-state index contributed by atoms with van der Waals surface area (Å²) < 4.78 is 4.20. The molecular weight excluding hydrogens is 264 g/mol. The van der Waals surface area contributed by atoms with Gasteiger partial charge in [0.05, 0.1) is 6.54 Å². The molecule has 5 heteroatoms. The number of nitrogens with one attached hydrogen (secondary N) is 1. The van der Waals surface area contributed by atoms with Gasteiger partial charge >= 0.3 is 0 Å². The molecule has 1 aliphatic rings. The highest BCUT2D eigenvalue weighted by molar-refractivity contribution is 5.92. The summed E-state index contributed by atoms with van der Waals surface area (Å²) in [6.07, 6.45) is 4.00. The minimum Gasteiger partial charge on any atom is -0.350 e. The maximum atomic E-state index is 12.2. The Bertz CT molecular complexity index is 668. The topological polar surface area (TPSA) is 51.9 Å². The van der Waals surface area contributed by atoms with Gasteiger partial charge in [0, 0.05) is 37.6 Å². The van der Waals surface area contributed by atoms with E-state index in [0.29, 0.717) is 18.2 Å². The zero-order chi connectivity index (χ0) is 15.0. The maximum Gasteiger partial charge on any atom is 0.271 e. The predicted molar refractivity (Wildman–Crippen MR) is 81.0 cm³/mol. The first kappa shape index (κ1) is 13.9. The number of aryl methyl sites for hydroxylation is 2. The van der Waals surface area contributed by atoms with Crippen LogP contribution in [0.4, 0.5) is 0 Å². The maximum absolute atomic E-state index is 12.2. The molecule has 1 atom stereocenters. The average molecular weight is 286 g/mol. The van der Waals surface area contributed by atoms with Gasteiger partial charge in [-0.2, -0.15) is 0 Å². The van der Waals surface area contributed by atoms with Gasteiger partial charge in [-0.15, -0.1) is 0 Å². The van der Waals surface area contributed by atoms with Crippen molar-refractivity contribution in [3.05, 3.63) is 41.2 Å². The van der Waals surface area contributed by atoms with Crippen molar-refractivity contribution in [1.29, 1.82) is 0 Å². The van der Waals surface area contributed by atoms with E-state index < -0.39 is 0 Å². The number of aromatic nitrogens is 3. The second kappa shape index (κ2) is 5.39. The van der Waals surface area contributed by atoms with E-state index in [9.17, 15) is 4.79 Å². The molecule has 0 aliphatic carbocycles. The molecule has 1 aliphatic heterocycles. The van der Waals surface area contributed by atoms with Gasteiger partial charge in [-0.05, 0) is 31.4 Å². The number of carbonyl (C=O) groups excluding carboxylic acids is 1. The van der Waals surface area contributed by atoms with Crippen molar-refractivity contribution in [2.75, 3.05) is 0 Å². The van der Waals surface area contributed by atoms with Crippen LogP contribution in [-0.2, 0) is 26.6 Å². The van der Waals surface area contributed by atoms with E-state index in [1.165, 1.54) is 5.69 Å². The monoisotopic (exact) mass is 286 g/mol. The molecule has 0 spiro atoms. The van der Waals surface area contributed by atoms with E-state index in [-0.39, 0.29) is 5.91 Å². The van der Waals surface area contributed by atoms with Gasteiger partial charge in [0.1, 0.15) is 11.5 Å². The SMILES string of the molecule is Cc1ccc(CNC(=O)c2cn3c(n2)CC(C)CC3)n1C. The van der Waals surface area contributed by atoms with Crippen molar-refractivity contribution >= 4 is 5.91 Å². The molecule has 5 nitrogen and oxygen atoms in total. The molecule has 3 rings (SSSR count). The third kappa shape index (κ3) is 2.73. The summed E-state index contributed by atoms with van der Waals surface area (Å²) in [6.45, 7) is 5.78. The number of fused-ring (bicyclic) bond motifs is 1. The van der Waals surface area contributed by atoms with Crippen LogP contribution < -0.4 is 5.32 Å². The van der Waals surface area contributed by atoms with E-state index in [1.54, 1.807) is 0 Å². The Morgan fingerprint density at radius 2 is 2.29 bits per heavy atom. The predicted octanol–water partition coefficient (Wildman–Crippen LogP) is 2.04. The van der Waals surface area contributed by atoms with Crippen LogP contribution >= 0.6 is 0 Å². The molecule has 1 unspecified atom stereocenters. The molecule has 2 aromatic heterocycles. The van der Waals surface area contributed by atoms with E-state index in [1.807, 2.05) is 19.3 Å². The van der Waals surface area contributed by atoms with Crippen LogP contribution in [0.25, 0.3) is 0 Å². The van der Waals surface area contributed by atoms with E-state index >= 15 is 0 Å². The zero-order valence-electron chi connectivity index (χ0n) is 12.9. The van der Waals surface area contributed by atoms with Crippen LogP contribution in [0.5, 0.6) is 0 Å². The Balaban J connectivity index is 1.67. The summed E-state index contributed by atoms with van der Waals surface area (Å²) in [4.78, 5) is 16.7. The lowest BCUT2D eigenvalue weighted by molar-refractivity contribution is 0.0945. The molecule has 0 saturated carbocycles. The van der Waals surface area contributed by atoms with Crippen molar-refractivity contribution < 1.29 is 4.79 Å². The minimum absolute atomic E-state index is 0.0941. The van der Waals surface area contributed by atoms with Crippen molar-refractivity contribution in [3.8, 4) is 0 Å². The first-order chi connectivity index (χ1) is 10.0. The van der Waals surface area contributed by atoms with Crippen LogP contribution in [0.2, 0.25) is 0 Å². The molecule has 2 aromatic rings. The highest BCUT2D eigenvalue weighted by atomic mass is 16.1. The van der Waals surface area contributed by atoms with Gasteiger partial charge in [-0.25, -0.2) is 4.98 Å². The second-order valence-corrected chi connectivity index (χ2v) is 6.04. The summed E-state index contributed by atoms with van der Waals surface area (Å²) in [7, 11) is 2.01. The lowest BCUT2D eigenvalue weighted by Gasteiger charge is -2.18. The Morgan fingerprint density at radius 3 is 3.00 bits per heavy atom. The number of hydrogen-bond acceptors (Lipinski definition) is 2. The van der Waals surface area contributed by atoms with Crippen molar-refractivity contribution in [3.63, 3.8) is 0 Å². The molecule has 0 saturated heterocycles. The normalized spacial score (nSPS) is 17.6. The molecule has 21 heavy (non-hydrogen) atoms. The Hall–Kier alpha value is -2.04. The van der Waals surface area contributed by atoms with Crippen LogP contribution in [0.15, 0.2) is 18.3 Å². The van der Waals surface area contributed by atoms with Crippen LogP contribution in [0, 0.1) is 12.8 Å². The third-order valence-corrected chi connectivity index (χ3v) is 4.39. The lowest BCUT2D eigenvalue weighted by Crippen LogP contribution is -2.24. The van der Waals surface area contributed by atoms with Gasteiger partial charge in [0.2, 0.25) is 0 Å². The van der Waals surface area contributed by atoms with E-state index in [4.69, 9.17) is 0 Å². The first-order valence-electron chi connectivity index (χ1n) is 7.50. The summed E-state index contributed by atoms with van der Waals surface area (Å²) in [5.74, 6) is 1.60. The zero-order valence-corrected chi connectivity index (χ0v) is 12.9. The Kier molecular flexibility index (Phi) is 3.57. The number of hydrogen-bond donors (Lipinski definition) is 1. The average Bonchev–Trinajstić information content (AvgIpc) is 3.01. The number of rotatable bonds is 3. The highest BCUT2D eigenvalue weighted by Crippen LogP contribution is 2.19. The molecule has 1 N–H and O–H groups in total. The fraction of sp³-hybridized carbons (Fsp3) is 0.500. The molecular formula is C16H22N4O. The van der Waals surface area contributed by atoms with E-state index in [2.05, 4.69) is 39.3 Å². The highest BCUT2D eigenvalue weighted by Gasteiger charge is 2.20. The van der Waals surface area contributed by atoms with Crippen molar-refractivity contribution in [1.82, 2.24) is 19.4 Å². The third-order valence-electron chi connectivity index (χ3n) is 4.39. The van der Waals surface area contributed by atoms with Crippen LogP contribution in [0.3, 0.4) is 0 Å². The second-order valence-electron chi connectivity index (χ2n) is 6.04. The molecule has 0 fully saturated rings. The molecule has 3 heterocycles. The molecule has 0 radical (unpaired) electrons. The van der Waals surface area contributed by atoms with Gasteiger partial charge in [0.15, 0.2) is 0 Å². The Morgan fingerprint density at radius 1 is 1.48 bits per heavy atom. The number of amides is 1. The van der Waals surface area contributed by atoms with Crippen molar-refractivity contribution in [2.24, 2.45) is 13.0 Å². The minimum atomic E-state index is -0.0941. The van der Waals surface area contributed by atoms with Gasteiger partial charge in [-0.1, -0.05) is 6.92 Å². The summed E-state index contributed by atoms with van der Waals surface area (Å²) >= 11 is 0.